The van der Waals surface area contributed by atoms with Gasteiger partial charge in [0.25, 0.3) is 5.91 Å². The lowest BCUT2D eigenvalue weighted by Gasteiger charge is -2.02. The standard InChI is InChI=1S/C7H10IN3O/c1-4(2)11-3-5(7(9)12)6(8)10-11/h3-4H,1-2H3,(H2,9,12). The van der Waals surface area contributed by atoms with Crippen LogP contribution in [0, 0.1) is 3.70 Å². The van der Waals surface area contributed by atoms with E-state index in [1.165, 1.54) is 0 Å². The van der Waals surface area contributed by atoms with Gasteiger partial charge in [0.2, 0.25) is 0 Å². The molecule has 1 rings (SSSR count). The Bertz CT molecular complexity index is 306. The first kappa shape index (κ1) is 9.50. The van der Waals surface area contributed by atoms with Gasteiger partial charge >= 0.3 is 0 Å². The molecular formula is C7H10IN3O. The van der Waals surface area contributed by atoms with E-state index in [1.54, 1.807) is 10.9 Å². The van der Waals surface area contributed by atoms with Crippen molar-refractivity contribution in [2.75, 3.05) is 0 Å². The molecule has 0 fully saturated rings. The second-order valence-corrected chi connectivity index (χ2v) is 3.79. The second kappa shape index (κ2) is 3.42. The van der Waals surface area contributed by atoms with E-state index >= 15 is 0 Å². The van der Waals surface area contributed by atoms with Crippen LogP contribution < -0.4 is 5.73 Å². The van der Waals surface area contributed by atoms with Gasteiger partial charge in [0.15, 0.2) is 0 Å². The Morgan fingerprint density at radius 1 is 1.75 bits per heavy atom. The van der Waals surface area contributed by atoms with Gasteiger partial charge < -0.3 is 5.73 Å². The lowest BCUT2D eigenvalue weighted by Crippen LogP contribution is -2.11. The van der Waals surface area contributed by atoms with Crippen LogP contribution in [0.15, 0.2) is 6.20 Å². The molecule has 12 heavy (non-hydrogen) atoms. The number of carbonyl (C=O) groups is 1. The van der Waals surface area contributed by atoms with Crippen LogP contribution in [0.25, 0.3) is 0 Å². The van der Waals surface area contributed by atoms with Crippen LogP contribution in [0.4, 0.5) is 0 Å². The summed E-state index contributed by atoms with van der Waals surface area (Å²) in [7, 11) is 0. The van der Waals surface area contributed by atoms with Gasteiger partial charge in [0.1, 0.15) is 3.70 Å². The molecule has 0 saturated carbocycles. The van der Waals surface area contributed by atoms with E-state index in [0.29, 0.717) is 9.26 Å². The van der Waals surface area contributed by atoms with Crippen molar-refractivity contribution in [3.05, 3.63) is 15.5 Å². The van der Waals surface area contributed by atoms with Gasteiger partial charge in [0.05, 0.1) is 5.56 Å². The third kappa shape index (κ3) is 1.77. The van der Waals surface area contributed by atoms with Gasteiger partial charge in [-0.3, -0.25) is 9.48 Å². The van der Waals surface area contributed by atoms with Crippen LogP contribution in [0.2, 0.25) is 0 Å². The summed E-state index contributed by atoms with van der Waals surface area (Å²) in [6.07, 6.45) is 1.68. The Morgan fingerprint density at radius 3 is 2.58 bits per heavy atom. The van der Waals surface area contributed by atoms with E-state index in [1.807, 2.05) is 36.4 Å². The SMILES string of the molecule is CC(C)n1cc(C(N)=O)c(I)n1. The molecule has 0 spiro atoms. The average Bonchev–Trinajstić information content (AvgIpc) is 2.30. The summed E-state index contributed by atoms with van der Waals surface area (Å²) < 4.78 is 2.39. The summed E-state index contributed by atoms with van der Waals surface area (Å²) in [4.78, 5) is 10.8. The number of amides is 1. The van der Waals surface area contributed by atoms with E-state index in [2.05, 4.69) is 5.10 Å². The molecule has 0 aliphatic carbocycles. The quantitative estimate of drug-likeness (QED) is 0.826. The number of rotatable bonds is 2. The van der Waals surface area contributed by atoms with Gasteiger partial charge in [-0.25, -0.2) is 0 Å². The van der Waals surface area contributed by atoms with Crippen molar-refractivity contribution in [3.63, 3.8) is 0 Å². The van der Waals surface area contributed by atoms with Crippen LogP contribution in [0.3, 0.4) is 0 Å². The summed E-state index contributed by atoms with van der Waals surface area (Å²) in [6, 6.07) is 0.256. The maximum absolute atomic E-state index is 10.8. The summed E-state index contributed by atoms with van der Waals surface area (Å²) in [5.74, 6) is -0.425. The number of hydrogen-bond donors (Lipinski definition) is 1. The van der Waals surface area contributed by atoms with Gasteiger partial charge in [-0.05, 0) is 36.4 Å². The zero-order valence-corrected chi connectivity index (χ0v) is 9.07. The fourth-order valence-electron chi connectivity index (χ4n) is 0.799. The van der Waals surface area contributed by atoms with E-state index in [0.717, 1.165) is 0 Å². The van der Waals surface area contributed by atoms with Crippen LogP contribution in [0.1, 0.15) is 30.2 Å². The highest BCUT2D eigenvalue weighted by Gasteiger charge is 2.11. The molecule has 0 unspecified atom stereocenters. The van der Waals surface area contributed by atoms with Gasteiger partial charge in [-0.1, -0.05) is 0 Å². The molecule has 2 N–H and O–H groups in total. The fraction of sp³-hybridized carbons (Fsp3) is 0.429. The minimum absolute atomic E-state index is 0.256. The maximum atomic E-state index is 10.8. The highest BCUT2D eigenvalue weighted by Crippen LogP contribution is 2.12. The largest absolute Gasteiger partial charge is 0.365 e. The normalized spacial score (nSPS) is 10.7. The van der Waals surface area contributed by atoms with E-state index in [4.69, 9.17) is 5.73 Å². The molecule has 0 aromatic carbocycles. The highest BCUT2D eigenvalue weighted by molar-refractivity contribution is 14.1. The molecule has 0 radical (unpaired) electrons. The van der Waals surface area contributed by atoms with Crippen molar-refractivity contribution in [1.82, 2.24) is 9.78 Å². The van der Waals surface area contributed by atoms with Crippen molar-refractivity contribution in [2.45, 2.75) is 19.9 Å². The second-order valence-electron chi connectivity index (χ2n) is 2.77. The summed E-state index contributed by atoms with van der Waals surface area (Å²) in [5, 5.41) is 4.13. The molecule has 1 aromatic rings. The molecule has 66 valence electrons. The van der Waals surface area contributed by atoms with Gasteiger partial charge in [0, 0.05) is 12.2 Å². The van der Waals surface area contributed by atoms with Crippen LogP contribution in [-0.2, 0) is 0 Å². The molecule has 0 aliphatic rings. The minimum atomic E-state index is -0.425. The Hall–Kier alpha value is -0.590. The Labute approximate surface area is 84.3 Å². The summed E-state index contributed by atoms with van der Waals surface area (Å²) in [6.45, 7) is 3.99. The number of nitrogens with two attached hydrogens (primary N) is 1. The number of aromatic nitrogens is 2. The van der Waals surface area contributed by atoms with E-state index < -0.39 is 5.91 Å². The number of nitrogens with zero attached hydrogens (tertiary/aromatic N) is 2. The minimum Gasteiger partial charge on any atom is -0.365 e. The van der Waals surface area contributed by atoms with Crippen LogP contribution >= 0.6 is 22.6 Å². The predicted molar refractivity (Wildman–Crippen MR) is 53.8 cm³/mol. The number of halogens is 1. The monoisotopic (exact) mass is 279 g/mol. The third-order valence-corrected chi connectivity index (χ3v) is 2.28. The first-order chi connectivity index (χ1) is 5.52. The third-order valence-electron chi connectivity index (χ3n) is 1.48. The highest BCUT2D eigenvalue weighted by atomic mass is 127. The number of primary amides is 1. The molecule has 1 aromatic heterocycles. The topological polar surface area (TPSA) is 60.9 Å². The van der Waals surface area contributed by atoms with Crippen molar-refractivity contribution in [2.24, 2.45) is 5.73 Å². The van der Waals surface area contributed by atoms with Crippen LogP contribution in [-0.4, -0.2) is 15.7 Å². The maximum Gasteiger partial charge on any atom is 0.253 e. The van der Waals surface area contributed by atoms with Crippen molar-refractivity contribution < 1.29 is 4.79 Å². The first-order valence-electron chi connectivity index (χ1n) is 3.57. The molecular weight excluding hydrogens is 269 g/mol. The predicted octanol–water partition coefficient (Wildman–Crippen LogP) is 1.17. The molecule has 0 aliphatic heterocycles. The van der Waals surface area contributed by atoms with Crippen molar-refractivity contribution in [3.8, 4) is 0 Å². The first-order valence-corrected chi connectivity index (χ1v) is 4.64. The average molecular weight is 279 g/mol. The zero-order chi connectivity index (χ0) is 9.30. The van der Waals surface area contributed by atoms with Gasteiger partial charge in [-0.2, -0.15) is 5.10 Å². The Balaban J connectivity index is 3.09. The Morgan fingerprint density at radius 2 is 2.33 bits per heavy atom. The van der Waals surface area contributed by atoms with Crippen molar-refractivity contribution in [1.29, 1.82) is 0 Å². The van der Waals surface area contributed by atoms with Crippen LogP contribution in [0.5, 0.6) is 0 Å². The lowest BCUT2D eigenvalue weighted by molar-refractivity contribution is 0.0999. The Kier molecular flexibility index (Phi) is 2.71. The fourth-order valence-corrected chi connectivity index (χ4v) is 1.45. The van der Waals surface area contributed by atoms with Crippen molar-refractivity contribution >= 4 is 28.5 Å². The van der Waals surface area contributed by atoms with E-state index in [-0.39, 0.29) is 6.04 Å². The molecule has 1 heterocycles. The van der Waals surface area contributed by atoms with E-state index in [9.17, 15) is 4.79 Å². The molecule has 5 heteroatoms. The lowest BCUT2D eigenvalue weighted by atomic mass is 10.3. The molecule has 0 atom stereocenters. The summed E-state index contributed by atoms with van der Waals surface area (Å²) in [5.41, 5.74) is 5.62. The molecule has 0 saturated heterocycles. The molecule has 1 amide bonds. The summed E-state index contributed by atoms with van der Waals surface area (Å²) >= 11 is 2.00. The smallest absolute Gasteiger partial charge is 0.253 e. The van der Waals surface area contributed by atoms with Gasteiger partial charge in [-0.15, -0.1) is 0 Å². The zero-order valence-electron chi connectivity index (χ0n) is 6.91. The molecule has 4 nitrogen and oxygen atoms in total. The number of carbonyl (C=O) groups excluding carboxylic acids is 1. The molecule has 0 bridgehead atoms. The number of hydrogen-bond acceptors (Lipinski definition) is 2.